The van der Waals surface area contributed by atoms with Crippen molar-refractivity contribution in [1.29, 1.82) is 0 Å². The van der Waals surface area contributed by atoms with Gasteiger partial charge in [0.25, 0.3) is 0 Å². The normalized spacial score (nSPS) is 16.9. The van der Waals surface area contributed by atoms with Gasteiger partial charge in [-0.1, -0.05) is 12.1 Å². The quantitative estimate of drug-likeness (QED) is 0.906. The van der Waals surface area contributed by atoms with Crippen LogP contribution in [-0.4, -0.2) is 24.0 Å². The van der Waals surface area contributed by atoms with E-state index in [2.05, 4.69) is 10.3 Å². The highest BCUT2D eigenvalue weighted by molar-refractivity contribution is 7.15. The van der Waals surface area contributed by atoms with Crippen molar-refractivity contribution in [2.45, 2.75) is 31.7 Å². The van der Waals surface area contributed by atoms with E-state index in [0.717, 1.165) is 36.3 Å². The van der Waals surface area contributed by atoms with Gasteiger partial charge in [0.15, 0.2) is 5.13 Å². The molecule has 2 aromatic rings. The Kier molecular flexibility index (Phi) is 4.40. The lowest BCUT2D eigenvalue weighted by atomic mass is 9.99. The van der Waals surface area contributed by atoms with Gasteiger partial charge in [0.05, 0.1) is 19.2 Å². The monoisotopic (exact) mass is 317 g/mol. The van der Waals surface area contributed by atoms with Crippen molar-refractivity contribution < 1.29 is 9.53 Å². The Bertz CT molecular complexity index is 684. The Morgan fingerprint density at radius 2 is 2.41 bits per heavy atom. The second kappa shape index (κ2) is 6.46. The molecule has 1 aromatic carbocycles. The first-order chi connectivity index (χ1) is 10.6. The maximum Gasteiger partial charge on any atom is 0.230 e. The third-order valence-electron chi connectivity index (χ3n) is 3.72. The number of benzene rings is 1. The predicted octanol–water partition coefficient (Wildman–Crippen LogP) is 2.15. The third-order valence-corrected chi connectivity index (χ3v) is 4.76. The molecule has 0 bridgehead atoms. The number of methoxy groups -OCH3 is 1. The highest BCUT2D eigenvalue weighted by atomic mass is 32.1. The van der Waals surface area contributed by atoms with Gasteiger partial charge in [-0.15, -0.1) is 11.3 Å². The number of anilines is 1. The number of nitrogens with zero attached hydrogens (tertiary/aromatic N) is 1. The number of aromatic nitrogens is 1. The number of hydrogen-bond donors (Lipinski definition) is 2. The molecule has 0 saturated carbocycles. The highest BCUT2D eigenvalue weighted by Gasteiger charge is 2.20. The van der Waals surface area contributed by atoms with Crippen molar-refractivity contribution in [2.75, 3.05) is 12.4 Å². The maximum atomic E-state index is 12.1. The van der Waals surface area contributed by atoms with Crippen molar-refractivity contribution in [3.05, 3.63) is 40.4 Å². The van der Waals surface area contributed by atoms with Crippen LogP contribution in [0.25, 0.3) is 0 Å². The van der Waals surface area contributed by atoms with Crippen LogP contribution in [-0.2, 0) is 24.1 Å². The van der Waals surface area contributed by atoms with Crippen LogP contribution in [0.15, 0.2) is 24.3 Å². The van der Waals surface area contributed by atoms with Gasteiger partial charge in [-0.3, -0.25) is 4.79 Å². The molecule has 3 N–H and O–H groups in total. The minimum atomic E-state index is -0.0661. The summed E-state index contributed by atoms with van der Waals surface area (Å²) in [6.07, 6.45) is 3.03. The molecule has 0 saturated heterocycles. The Labute approximate surface area is 133 Å². The molecule has 6 heteroatoms. The highest BCUT2D eigenvalue weighted by Crippen LogP contribution is 2.29. The molecule has 0 radical (unpaired) electrons. The molecule has 1 heterocycles. The van der Waals surface area contributed by atoms with Gasteiger partial charge in [0.1, 0.15) is 5.75 Å². The van der Waals surface area contributed by atoms with Crippen molar-refractivity contribution in [3.8, 4) is 5.75 Å². The zero-order chi connectivity index (χ0) is 15.5. The third kappa shape index (κ3) is 3.45. The molecule has 1 amide bonds. The average molecular weight is 317 g/mol. The van der Waals surface area contributed by atoms with Crippen LogP contribution in [0.5, 0.6) is 5.75 Å². The van der Waals surface area contributed by atoms with Crippen molar-refractivity contribution in [2.24, 2.45) is 5.73 Å². The smallest absolute Gasteiger partial charge is 0.230 e. The molecule has 1 atom stereocenters. The summed E-state index contributed by atoms with van der Waals surface area (Å²) >= 11 is 1.54. The molecule has 22 heavy (non-hydrogen) atoms. The zero-order valence-electron chi connectivity index (χ0n) is 12.5. The number of carbonyl (C=O) groups is 1. The number of ether oxygens (including phenoxy) is 1. The van der Waals surface area contributed by atoms with E-state index in [9.17, 15) is 4.79 Å². The number of hydrogen-bond acceptors (Lipinski definition) is 5. The van der Waals surface area contributed by atoms with Gasteiger partial charge in [-0.05, 0) is 37.0 Å². The van der Waals surface area contributed by atoms with Gasteiger partial charge in [0, 0.05) is 10.9 Å². The first-order valence-electron chi connectivity index (χ1n) is 7.31. The number of carbonyl (C=O) groups excluding carboxylic acids is 1. The largest absolute Gasteiger partial charge is 0.497 e. The van der Waals surface area contributed by atoms with E-state index >= 15 is 0 Å². The molecule has 0 unspecified atom stereocenters. The molecule has 5 nitrogen and oxygen atoms in total. The summed E-state index contributed by atoms with van der Waals surface area (Å²) in [6, 6.07) is 7.73. The standard InChI is InChI=1S/C16H19N3O2S/c1-21-12-4-2-3-10(7-12)8-15(20)19-16-18-13-6-5-11(17)9-14(13)22-16/h2-4,7,11H,5-6,8-9,17H2,1H3,(H,18,19,20)/t11-/m0/s1. The SMILES string of the molecule is COc1cccc(CC(=O)Nc2nc3c(s2)C[C@@H](N)CC3)c1. The topological polar surface area (TPSA) is 77.2 Å². The van der Waals surface area contributed by atoms with Crippen molar-refractivity contribution >= 4 is 22.4 Å². The van der Waals surface area contributed by atoms with E-state index in [0.29, 0.717) is 11.6 Å². The van der Waals surface area contributed by atoms with E-state index in [-0.39, 0.29) is 11.9 Å². The molecule has 1 aliphatic carbocycles. The Morgan fingerprint density at radius 3 is 3.23 bits per heavy atom. The summed E-state index contributed by atoms with van der Waals surface area (Å²) in [6.45, 7) is 0. The minimum absolute atomic E-state index is 0.0661. The van der Waals surface area contributed by atoms with Crippen LogP contribution in [0.2, 0.25) is 0 Å². The lowest BCUT2D eigenvalue weighted by Gasteiger charge is -2.15. The van der Waals surface area contributed by atoms with E-state index in [1.54, 1.807) is 7.11 Å². The van der Waals surface area contributed by atoms with Gasteiger partial charge in [-0.2, -0.15) is 0 Å². The van der Waals surface area contributed by atoms with Gasteiger partial charge in [-0.25, -0.2) is 4.98 Å². The number of thiazole rings is 1. The van der Waals surface area contributed by atoms with Crippen LogP contribution < -0.4 is 15.8 Å². The fourth-order valence-electron chi connectivity index (χ4n) is 2.59. The predicted molar refractivity (Wildman–Crippen MR) is 87.4 cm³/mol. The maximum absolute atomic E-state index is 12.1. The molecule has 1 aliphatic rings. The Morgan fingerprint density at radius 1 is 1.55 bits per heavy atom. The number of nitrogens with one attached hydrogen (secondary N) is 1. The van der Waals surface area contributed by atoms with Crippen LogP contribution in [0.3, 0.4) is 0 Å². The van der Waals surface area contributed by atoms with E-state index < -0.39 is 0 Å². The fourth-order valence-corrected chi connectivity index (χ4v) is 3.70. The summed E-state index contributed by atoms with van der Waals surface area (Å²) in [5.74, 6) is 0.688. The Balaban J connectivity index is 1.64. The number of aryl methyl sites for hydroxylation is 1. The number of rotatable bonds is 4. The molecule has 3 rings (SSSR count). The van der Waals surface area contributed by atoms with Crippen molar-refractivity contribution in [1.82, 2.24) is 4.98 Å². The molecule has 1 aromatic heterocycles. The van der Waals surface area contributed by atoms with Crippen LogP contribution in [0, 0.1) is 0 Å². The minimum Gasteiger partial charge on any atom is -0.497 e. The van der Waals surface area contributed by atoms with Crippen LogP contribution in [0.1, 0.15) is 22.6 Å². The summed E-state index contributed by atoms with van der Waals surface area (Å²) in [4.78, 5) is 17.9. The van der Waals surface area contributed by atoms with Crippen LogP contribution in [0.4, 0.5) is 5.13 Å². The molecule has 116 valence electrons. The summed E-state index contributed by atoms with van der Waals surface area (Å²) < 4.78 is 5.17. The Hall–Kier alpha value is -1.92. The molecule has 0 aliphatic heterocycles. The summed E-state index contributed by atoms with van der Waals surface area (Å²) in [5.41, 5.74) is 7.97. The lowest BCUT2D eigenvalue weighted by Crippen LogP contribution is -2.27. The van der Waals surface area contributed by atoms with Gasteiger partial charge < -0.3 is 15.8 Å². The summed E-state index contributed by atoms with van der Waals surface area (Å²) in [5, 5.41) is 3.56. The molecule has 0 fully saturated rings. The van der Waals surface area contributed by atoms with E-state index in [1.807, 2.05) is 24.3 Å². The second-order valence-corrected chi connectivity index (χ2v) is 6.55. The fraction of sp³-hybridized carbons (Fsp3) is 0.375. The molecule has 0 spiro atoms. The van der Waals surface area contributed by atoms with Gasteiger partial charge in [0.2, 0.25) is 5.91 Å². The summed E-state index contributed by atoms with van der Waals surface area (Å²) in [7, 11) is 1.62. The first kappa shape index (κ1) is 15.0. The second-order valence-electron chi connectivity index (χ2n) is 5.47. The molecular formula is C16H19N3O2S. The number of amides is 1. The van der Waals surface area contributed by atoms with E-state index in [1.165, 1.54) is 16.2 Å². The van der Waals surface area contributed by atoms with Crippen LogP contribution >= 0.6 is 11.3 Å². The zero-order valence-corrected chi connectivity index (χ0v) is 13.3. The first-order valence-corrected chi connectivity index (χ1v) is 8.12. The van der Waals surface area contributed by atoms with Crippen molar-refractivity contribution in [3.63, 3.8) is 0 Å². The number of nitrogens with two attached hydrogens (primary N) is 1. The molecular weight excluding hydrogens is 298 g/mol. The van der Waals surface area contributed by atoms with Gasteiger partial charge >= 0.3 is 0 Å². The lowest BCUT2D eigenvalue weighted by molar-refractivity contribution is -0.115. The number of fused-ring (bicyclic) bond motifs is 1. The van der Waals surface area contributed by atoms with E-state index in [4.69, 9.17) is 10.5 Å². The average Bonchev–Trinajstić information content (AvgIpc) is 2.88.